The number of nitrogens with one attached hydrogen (secondary N) is 2. The lowest BCUT2D eigenvalue weighted by Gasteiger charge is -2.25. The second-order valence-corrected chi connectivity index (χ2v) is 6.07. The average molecular weight is 305 g/mol. The molecule has 1 aliphatic carbocycles. The number of aliphatic hydroxyl groups excluding tert-OH is 1. The van der Waals surface area contributed by atoms with E-state index < -0.39 is 6.10 Å². The fourth-order valence-corrected chi connectivity index (χ4v) is 3.03. The Morgan fingerprint density at radius 3 is 2.82 bits per heavy atom. The molecule has 1 aromatic carbocycles. The third-order valence-electron chi connectivity index (χ3n) is 4.31. The molecule has 22 heavy (non-hydrogen) atoms. The van der Waals surface area contributed by atoms with Crippen LogP contribution < -0.4 is 10.6 Å². The van der Waals surface area contributed by atoms with Crippen LogP contribution in [0.2, 0.25) is 0 Å². The van der Waals surface area contributed by atoms with Crippen LogP contribution in [0, 0.1) is 0 Å². The molecule has 0 spiro atoms. The molecule has 0 aliphatic heterocycles. The molecule has 0 radical (unpaired) electrons. The van der Waals surface area contributed by atoms with Crippen LogP contribution in [-0.2, 0) is 6.42 Å². The molecular weight excluding hydrogens is 278 g/mol. The number of amides is 2. The summed E-state index contributed by atoms with van der Waals surface area (Å²) < 4.78 is 0. The summed E-state index contributed by atoms with van der Waals surface area (Å²) in [5.41, 5.74) is 2.12. The number of nitrogens with zero attached hydrogens (tertiary/aromatic N) is 1. The zero-order chi connectivity index (χ0) is 16.1. The number of hydrogen-bond donors (Lipinski definition) is 3. The molecule has 2 rings (SSSR count). The van der Waals surface area contributed by atoms with Crippen molar-refractivity contribution in [3.8, 4) is 0 Å². The molecule has 0 saturated heterocycles. The largest absolute Gasteiger partial charge is 0.390 e. The predicted octanol–water partition coefficient (Wildman–Crippen LogP) is 1.67. The van der Waals surface area contributed by atoms with Gasteiger partial charge in [-0.15, -0.1) is 0 Å². The van der Waals surface area contributed by atoms with Gasteiger partial charge in [0.15, 0.2) is 0 Å². The number of fused-ring (bicyclic) bond motifs is 1. The molecule has 1 aromatic rings. The highest BCUT2D eigenvalue weighted by molar-refractivity contribution is 5.74. The van der Waals surface area contributed by atoms with Gasteiger partial charge in [0, 0.05) is 25.6 Å². The van der Waals surface area contributed by atoms with E-state index in [2.05, 4.69) is 36.3 Å². The van der Waals surface area contributed by atoms with Gasteiger partial charge in [-0.2, -0.15) is 0 Å². The standard InChI is InChI=1S/C17H27N3O2/c1-4-20(12(2)3)10-9-18-17(22)19-16-14-8-6-5-7-13(14)11-15(16)21/h5-8,12,15-16,21H,4,9-11H2,1-3H3,(H2,18,19,22). The molecule has 0 heterocycles. The topological polar surface area (TPSA) is 64.6 Å². The Balaban J connectivity index is 1.83. The highest BCUT2D eigenvalue weighted by Gasteiger charge is 2.31. The molecule has 0 fully saturated rings. The quantitative estimate of drug-likeness (QED) is 0.749. The first kappa shape index (κ1) is 16.8. The summed E-state index contributed by atoms with van der Waals surface area (Å²) in [6, 6.07) is 7.79. The zero-order valence-electron chi connectivity index (χ0n) is 13.7. The zero-order valence-corrected chi connectivity index (χ0v) is 13.7. The molecule has 0 aromatic heterocycles. The van der Waals surface area contributed by atoms with E-state index in [1.807, 2.05) is 24.3 Å². The number of carbonyl (C=O) groups excluding carboxylic acids is 1. The second kappa shape index (κ2) is 7.61. The Hall–Kier alpha value is -1.59. The van der Waals surface area contributed by atoms with Crippen molar-refractivity contribution >= 4 is 6.03 Å². The van der Waals surface area contributed by atoms with Crippen LogP contribution in [0.3, 0.4) is 0 Å². The lowest BCUT2D eigenvalue weighted by atomic mass is 10.1. The maximum atomic E-state index is 12.0. The van der Waals surface area contributed by atoms with E-state index in [4.69, 9.17) is 0 Å². The highest BCUT2D eigenvalue weighted by atomic mass is 16.3. The minimum atomic E-state index is -0.550. The van der Waals surface area contributed by atoms with Crippen LogP contribution in [-0.4, -0.2) is 47.8 Å². The lowest BCUT2D eigenvalue weighted by molar-refractivity contribution is 0.142. The number of hydrogen-bond acceptors (Lipinski definition) is 3. The van der Waals surface area contributed by atoms with Crippen molar-refractivity contribution in [3.63, 3.8) is 0 Å². The SMILES string of the molecule is CCN(CCNC(=O)NC1c2ccccc2CC1O)C(C)C. The van der Waals surface area contributed by atoms with Gasteiger partial charge in [0.1, 0.15) is 0 Å². The van der Waals surface area contributed by atoms with Gasteiger partial charge in [-0.3, -0.25) is 4.90 Å². The van der Waals surface area contributed by atoms with E-state index in [1.54, 1.807) is 0 Å². The van der Waals surface area contributed by atoms with Gasteiger partial charge >= 0.3 is 6.03 Å². The minimum Gasteiger partial charge on any atom is -0.390 e. The molecule has 5 heteroatoms. The summed E-state index contributed by atoms with van der Waals surface area (Å²) in [7, 11) is 0. The highest BCUT2D eigenvalue weighted by Crippen LogP contribution is 2.30. The maximum Gasteiger partial charge on any atom is 0.315 e. The van der Waals surface area contributed by atoms with E-state index in [0.29, 0.717) is 19.0 Å². The van der Waals surface area contributed by atoms with Crippen molar-refractivity contribution in [1.82, 2.24) is 15.5 Å². The minimum absolute atomic E-state index is 0.222. The maximum absolute atomic E-state index is 12.0. The van der Waals surface area contributed by atoms with Gasteiger partial charge in [-0.1, -0.05) is 31.2 Å². The summed E-state index contributed by atoms with van der Waals surface area (Å²) in [6.07, 6.45) is 0.0453. The van der Waals surface area contributed by atoms with Crippen molar-refractivity contribution in [3.05, 3.63) is 35.4 Å². The predicted molar refractivity (Wildman–Crippen MR) is 87.8 cm³/mol. The fraction of sp³-hybridized carbons (Fsp3) is 0.588. The van der Waals surface area contributed by atoms with Crippen molar-refractivity contribution < 1.29 is 9.90 Å². The van der Waals surface area contributed by atoms with Gasteiger partial charge in [0.05, 0.1) is 12.1 Å². The van der Waals surface area contributed by atoms with Crippen molar-refractivity contribution in [2.45, 2.75) is 45.4 Å². The Bertz CT molecular complexity index is 504. The van der Waals surface area contributed by atoms with Crippen molar-refractivity contribution in [1.29, 1.82) is 0 Å². The monoisotopic (exact) mass is 305 g/mol. The number of benzene rings is 1. The fourth-order valence-electron chi connectivity index (χ4n) is 3.03. The van der Waals surface area contributed by atoms with E-state index in [9.17, 15) is 9.90 Å². The normalized spacial score (nSPS) is 20.3. The first-order valence-electron chi connectivity index (χ1n) is 8.07. The average Bonchev–Trinajstić information content (AvgIpc) is 2.79. The Morgan fingerprint density at radius 2 is 2.14 bits per heavy atom. The van der Waals surface area contributed by atoms with E-state index >= 15 is 0 Å². The van der Waals surface area contributed by atoms with Crippen molar-refractivity contribution in [2.75, 3.05) is 19.6 Å². The summed E-state index contributed by atoms with van der Waals surface area (Å²) in [5.74, 6) is 0. The van der Waals surface area contributed by atoms with Crippen LogP contribution in [0.1, 0.15) is 37.9 Å². The molecule has 122 valence electrons. The molecule has 0 bridgehead atoms. The molecule has 0 saturated carbocycles. The van der Waals surface area contributed by atoms with Crippen molar-refractivity contribution in [2.24, 2.45) is 0 Å². The molecule has 2 amide bonds. The summed E-state index contributed by atoms with van der Waals surface area (Å²) in [6.45, 7) is 8.81. The molecule has 2 atom stereocenters. The van der Waals surface area contributed by atoms with E-state index in [0.717, 1.165) is 24.2 Å². The molecule has 3 N–H and O–H groups in total. The van der Waals surface area contributed by atoms with Crippen LogP contribution in [0.25, 0.3) is 0 Å². The van der Waals surface area contributed by atoms with Gasteiger partial charge in [-0.05, 0) is 31.5 Å². The van der Waals surface area contributed by atoms with E-state index in [-0.39, 0.29) is 12.1 Å². The number of rotatable bonds is 6. The second-order valence-electron chi connectivity index (χ2n) is 6.07. The molecule has 2 unspecified atom stereocenters. The van der Waals surface area contributed by atoms with Crippen LogP contribution in [0.5, 0.6) is 0 Å². The number of aliphatic hydroxyl groups is 1. The molecular formula is C17H27N3O2. The van der Waals surface area contributed by atoms with Gasteiger partial charge in [0.25, 0.3) is 0 Å². The van der Waals surface area contributed by atoms with E-state index in [1.165, 1.54) is 0 Å². The van der Waals surface area contributed by atoms with Crippen LogP contribution >= 0.6 is 0 Å². The summed E-state index contributed by atoms with van der Waals surface area (Å²) >= 11 is 0. The van der Waals surface area contributed by atoms with Gasteiger partial charge in [-0.25, -0.2) is 4.79 Å². The molecule has 5 nitrogen and oxygen atoms in total. The molecule has 1 aliphatic rings. The number of carbonyl (C=O) groups is 1. The Morgan fingerprint density at radius 1 is 1.41 bits per heavy atom. The van der Waals surface area contributed by atoms with Crippen LogP contribution in [0.4, 0.5) is 4.79 Å². The Kier molecular flexibility index (Phi) is 5.80. The summed E-state index contributed by atoms with van der Waals surface area (Å²) in [5, 5.41) is 15.9. The third-order valence-corrected chi connectivity index (χ3v) is 4.31. The smallest absolute Gasteiger partial charge is 0.315 e. The first-order valence-corrected chi connectivity index (χ1v) is 8.07. The number of urea groups is 1. The van der Waals surface area contributed by atoms with Gasteiger partial charge < -0.3 is 15.7 Å². The third kappa shape index (κ3) is 3.99. The summed E-state index contributed by atoms with van der Waals surface area (Å²) in [4.78, 5) is 14.3. The van der Waals surface area contributed by atoms with Crippen LogP contribution in [0.15, 0.2) is 24.3 Å². The van der Waals surface area contributed by atoms with Gasteiger partial charge in [0.2, 0.25) is 0 Å². The Labute approximate surface area is 132 Å². The lowest BCUT2D eigenvalue weighted by Crippen LogP contribution is -2.44. The number of likely N-dealkylation sites (N-methyl/N-ethyl adjacent to an activating group) is 1. The first-order chi connectivity index (χ1) is 10.5.